The number of pyridine rings is 1. The summed E-state index contributed by atoms with van der Waals surface area (Å²) in [5.41, 5.74) is 3.07. The second-order valence-electron chi connectivity index (χ2n) is 6.64. The number of carbonyl (C=O) groups is 1. The molecule has 0 aliphatic carbocycles. The highest BCUT2D eigenvalue weighted by Gasteiger charge is 2.17. The summed E-state index contributed by atoms with van der Waals surface area (Å²) in [5.74, 6) is -2.01. The van der Waals surface area contributed by atoms with Crippen LogP contribution in [0.25, 0.3) is 0 Å². The lowest BCUT2D eigenvalue weighted by Crippen LogP contribution is -2.34. The maximum absolute atomic E-state index is 13.8. The maximum Gasteiger partial charge on any atom is 0.261 e. The van der Waals surface area contributed by atoms with Crippen LogP contribution in [-0.4, -0.2) is 22.4 Å². The van der Waals surface area contributed by atoms with Crippen LogP contribution in [0.15, 0.2) is 67.0 Å². The Balaban J connectivity index is 1.72. The Kier molecular flexibility index (Phi) is 6.89. The molecule has 4 nitrogen and oxygen atoms in total. The van der Waals surface area contributed by atoms with E-state index in [1.54, 1.807) is 23.4 Å². The molecule has 0 spiro atoms. The van der Waals surface area contributed by atoms with E-state index in [4.69, 9.17) is 4.74 Å². The molecule has 0 fully saturated rings. The van der Waals surface area contributed by atoms with Gasteiger partial charge in [-0.25, -0.2) is 8.78 Å². The number of rotatable bonds is 8. The molecule has 0 atom stereocenters. The van der Waals surface area contributed by atoms with Crippen LogP contribution in [0.3, 0.4) is 0 Å². The largest absolute Gasteiger partial charge is 0.481 e. The van der Waals surface area contributed by atoms with Crippen LogP contribution < -0.4 is 4.74 Å². The van der Waals surface area contributed by atoms with Gasteiger partial charge in [-0.3, -0.25) is 9.78 Å². The average molecular weight is 396 g/mol. The summed E-state index contributed by atoms with van der Waals surface area (Å²) in [6.07, 6.45) is 4.30. The molecule has 0 saturated carbocycles. The fourth-order valence-corrected chi connectivity index (χ4v) is 2.87. The van der Waals surface area contributed by atoms with Crippen molar-refractivity contribution in [2.24, 2.45) is 0 Å². The highest BCUT2D eigenvalue weighted by molar-refractivity contribution is 5.77. The topological polar surface area (TPSA) is 42.4 Å². The normalized spacial score (nSPS) is 10.6. The van der Waals surface area contributed by atoms with Crippen LogP contribution in [0, 0.1) is 11.6 Å². The number of nitrogens with zero attached hydrogens (tertiary/aromatic N) is 2. The van der Waals surface area contributed by atoms with Gasteiger partial charge >= 0.3 is 0 Å². The molecule has 0 saturated heterocycles. The van der Waals surface area contributed by atoms with E-state index in [2.05, 4.69) is 11.9 Å². The van der Waals surface area contributed by atoms with Crippen molar-refractivity contribution in [3.8, 4) is 5.75 Å². The number of ether oxygens (including phenoxy) is 1. The second-order valence-corrected chi connectivity index (χ2v) is 6.64. The van der Waals surface area contributed by atoms with Gasteiger partial charge in [-0.1, -0.05) is 37.3 Å². The summed E-state index contributed by atoms with van der Waals surface area (Å²) in [6, 6.07) is 14.7. The van der Waals surface area contributed by atoms with Crippen molar-refractivity contribution in [3.63, 3.8) is 0 Å². The fraction of sp³-hybridized carbons (Fsp3) is 0.217. The average Bonchev–Trinajstić information content (AvgIpc) is 2.74. The number of hydrogen-bond acceptors (Lipinski definition) is 3. The molecule has 3 aromatic rings. The molecule has 2 aromatic carbocycles. The fourth-order valence-electron chi connectivity index (χ4n) is 2.87. The molecular formula is C23H22F2N2O2. The van der Waals surface area contributed by atoms with Crippen LogP contribution >= 0.6 is 0 Å². The van der Waals surface area contributed by atoms with E-state index < -0.39 is 11.6 Å². The van der Waals surface area contributed by atoms with Crippen molar-refractivity contribution in [2.75, 3.05) is 6.61 Å². The van der Waals surface area contributed by atoms with Gasteiger partial charge in [-0.05, 0) is 41.3 Å². The lowest BCUT2D eigenvalue weighted by atomic mass is 10.1. The van der Waals surface area contributed by atoms with Gasteiger partial charge in [-0.15, -0.1) is 0 Å². The first-order chi connectivity index (χ1) is 14.0. The van der Waals surface area contributed by atoms with Gasteiger partial charge in [0.25, 0.3) is 5.91 Å². The summed E-state index contributed by atoms with van der Waals surface area (Å²) in [5, 5.41) is 0. The van der Waals surface area contributed by atoms with Gasteiger partial charge in [0.15, 0.2) is 18.2 Å². The van der Waals surface area contributed by atoms with E-state index in [0.29, 0.717) is 13.1 Å². The Bertz CT molecular complexity index is 947. The summed E-state index contributed by atoms with van der Waals surface area (Å²) >= 11 is 0. The van der Waals surface area contributed by atoms with E-state index in [9.17, 15) is 13.6 Å². The van der Waals surface area contributed by atoms with E-state index in [0.717, 1.165) is 29.7 Å². The van der Waals surface area contributed by atoms with Crippen molar-refractivity contribution in [1.29, 1.82) is 0 Å². The number of hydrogen-bond donors (Lipinski definition) is 0. The Morgan fingerprint density at radius 3 is 2.38 bits per heavy atom. The molecule has 0 bridgehead atoms. The van der Waals surface area contributed by atoms with Crippen LogP contribution in [0.5, 0.6) is 5.75 Å². The van der Waals surface area contributed by atoms with Gasteiger partial charge < -0.3 is 9.64 Å². The van der Waals surface area contributed by atoms with Crippen LogP contribution in [0.1, 0.15) is 23.6 Å². The zero-order valence-electron chi connectivity index (χ0n) is 16.1. The Morgan fingerprint density at radius 2 is 1.72 bits per heavy atom. The van der Waals surface area contributed by atoms with Crippen LogP contribution in [0.4, 0.5) is 8.78 Å². The lowest BCUT2D eigenvalue weighted by Gasteiger charge is -2.23. The minimum Gasteiger partial charge on any atom is -0.481 e. The highest BCUT2D eigenvalue weighted by Crippen LogP contribution is 2.18. The number of aryl methyl sites for hydroxylation is 1. The van der Waals surface area contributed by atoms with E-state index in [1.807, 2.05) is 30.3 Å². The summed E-state index contributed by atoms with van der Waals surface area (Å²) < 4.78 is 32.1. The van der Waals surface area contributed by atoms with Crippen LogP contribution in [-0.2, 0) is 24.3 Å². The molecule has 0 unspecified atom stereocenters. The van der Waals surface area contributed by atoms with Gasteiger partial charge in [0, 0.05) is 31.5 Å². The summed E-state index contributed by atoms with van der Waals surface area (Å²) in [7, 11) is 0. The molecule has 3 rings (SSSR count). The Hall–Kier alpha value is -3.28. The molecule has 29 heavy (non-hydrogen) atoms. The minimum absolute atomic E-state index is 0.159. The molecule has 0 aliphatic heterocycles. The van der Waals surface area contributed by atoms with Gasteiger partial charge in [0.05, 0.1) is 0 Å². The molecular weight excluding hydrogens is 374 g/mol. The van der Waals surface area contributed by atoms with Crippen molar-refractivity contribution < 1.29 is 18.3 Å². The molecule has 150 valence electrons. The predicted molar refractivity (Wildman–Crippen MR) is 106 cm³/mol. The monoisotopic (exact) mass is 396 g/mol. The Morgan fingerprint density at radius 1 is 1.00 bits per heavy atom. The summed E-state index contributed by atoms with van der Waals surface area (Å²) in [6.45, 7) is 2.46. The third kappa shape index (κ3) is 5.85. The standard InChI is InChI=1S/C23H22F2N2O2/c1-2-17-5-7-18(8-6-17)14-27(15-19-4-3-11-26-13-19)23(28)16-29-22-10-9-20(24)12-21(22)25/h3-13H,2,14-16H2,1H3. The first kappa shape index (κ1) is 20.5. The number of halogens is 2. The highest BCUT2D eigenvalue weighted by atomic mass is 19.1. The van der Waals surface area contributed by atoms with E-state index in [1.165, 1.54) is 11.6 Å². The first-order valence-corrected chi connectivity index (χ1v) is 9.37. The maximum atomic E-state index is 13.8. The third-order valence-corrected chi connectivity index (χ3v) is 4.50. The smallest absolute Gasteiger partial charge is 0.261 e. The molecule has 1 heterocycles. The van der Waals surface area contributed by atoms with Crippen molar-refractivity contribution in [1.82, 2.24) is 9.88 Å². The van der Waals surface area contributed by atoms with Crippen molar-refractivity contribution in [3.05, 3.63) is 95.3 Å². The molecule has 0 aliphatic rings. The summed E-state index contributed by atoms with van der Waals surface area (Å²) in [4.78, 5) is 18.5. The van der Waals surface area contributed by atoms with E-state index >= 15 is 0 Å². The van der Waals surface area contributed by atoms with Crippen LogP contribution in [0.2, 0.25) is 0 Å². The van der Waals surface area contributed by atoms with Crippen molar-refractivity contribution in [2.45, 2.75) is 26.4 Å². The van der Waals surface area contributed by atoms with Gasteiger partial charge in [0.2, 0.25) is 0 Å². The molecule has 1 aromatic heterocycles. The SMILES string of the molecule is CCc1ccc(CN(Cc2cccnc2)C(=O)COc2ccc(F)cc2F)cc1. The number of amides is 1. The van der Waals surface area contributed by atoms with Gasteiger partial charge in [0.1, 0.15) is 5.82 Å². The zero-order chi connectivity index (χ0) is 20.6. The minimum atomic E-state index is -0.841. The Labute approximate surface area is 168 Å². The predicted octanol–water partition coefficient (Wildman–Crippen LogP) is 4.53. The molecule has 1 amide bonds. The molecule has 0 radical (unpaired) electrons. The number of aromatic nitrogens is 1. The van der Waals surface area contributed by atoms with Gasteiger partial charge in [-0.2, -0.15) is 0 Å². The number of benzene rings is 2. The zero-order valence-corrected chi connectivity index (χ0v) is 16.1. The van der Waals surface area contributed by atoms with Crippen molar-refractivity contribution >= 4 is 5.91 Å². The molecule has 0 N–H and O–H groups in total. The molecule has 6 heteroatoms. The van der Waals surface area contributed by atoms with E-state index in [-0.39, 0.29) is 18.3 Å². The second kappa shape index (κ2) is 9.78. The quantitative estimate of drug-likeness (QED) is 0.562. The number of carbonyl (C=O) groups excluding carboxylic acids is 1. The lowest BCUT2D eigenvalue weighted by molar-refractivity contribution is -0.134. The third-order valence-electron chi connectivity index (χ3n) is 4.50. The first-order valence-electron chi connectivity index (χ1n) is 9.37.